The summed E-state index contributed by atoms with van der Waals surface area (Å²) in [5.41, 5.74) is -0.0947. The third kappa shape index (κ3) is 2.40. The summed E-state index contributed by atoms with van der Waals surface area (Å²) < 4.78 is 5.47. The maximum absolute atomic E-state index is 9.77. The van der Waals surface area contributed by atoms with Crippen LogP contribution in [0, 0.1) is 5.92 Å². The van der Waals surface area contributed by atoms with Crippen molar-refractivity contribution in [2.45, 2.75) is 25.3 Å². The summed E-state index contributed by atoms with van der Waals surface area (Å²) in [5, 5.41) is 13.2. The molecule has 4 heteroatoms. The van der Waals surface area contributed by atoms with E-state index in [1.807, 2.05) is 0 Å². The molecule has 2 heterocycles. The normalized spacial score (nSPS) is 32.2. The van der Waals surface area contributed by atoms with Gasteiger partial charge in [0.15, 0.2) is 0 Å². The van der Waals surface area contributed by atoms with Crippen LogP contribution in [0.3, 0.4) is 0 Å². The van der Waals surface area contributed by atoms with Gasteiger partial charge in [-0.25, -0.2) is 0 Å². The number of hydrogen-bond acceptors (Lipinski definition) is 4. The highest BCUT2D eigenvalue weighted by Crippen LogP contribution is 2.31. The number of hydrogen-bond donors (Lipinski definition) is 2. The quantitative estimate of drug-likeness (QED) is 0.717. The lowest BCUT2D eigenvalue weighted by molar-refractivity contribution is -0.00269. The van der Waals surface area contributed by atoms with Crippen molar-refractivity contribution in [2.75, 3.05) is 46.0 Å². The molecule has 16 heavy (non-hydrogen) atoms. The molecule has 2 N–H and O–H groups in total. The van der Waals surface area contributed by atoms with Crippen LogP contribution in [0.4, 0.5) is 0 Å². The second-order valence-corrected chi connectivity index (χ2v) is 5.17. The molecule has 2 aliphatic heterocycles. The first-order chi connectivity index (χ1) is 7.77. The highest BCUT2D eigenvalue weighted by atomic mass is 16.5. The highest BCUT2D eigenvalue weighted by Gasteiger charge is 2.40. The summed E-state index contributed by atoms with van der Waals surface area (Å²) in [7, 11) is 0. The number of rotatable bonds is 3. The molecule has 0 aromatic rings. The molecule has 0 aliphatic carbocycles. The zero-order chi connectivity index (χ0) is 11.4. The lowest BCUT2D eigenvalue weighted by atomic mass is 9.83. The molecular formula is C12H24N2O2. The fourth-order valence-electron chi connectivity index (χ4n) is 2.87. The molecule has 0 saturated carbocycles. The third-order valence-corrected chi connectivity index (χ3v) is 4.19. The van der Waals surface area contributed by atoms with E-state index in [2.05, 4.69) is 17.1 Å². The molecule has 0 radical (unpaired) electrons. The van der Waals surface area contributed by atoms with Gasteiger partial charge in [-0.2, -0.15) is 0 Å². The van der Waals surface area contributed by atoms with E-state index in [0.29, 0.717) is 5.92 Å². The van der Waals surface area contributed by atoms with Crippen LogP contribution in [0.15, 0.2) is 0 Å². The van der Waals surface area contributed by atoms with Crippen LogP contribution < -0.4 is 5.32 Å². The van der Waals surface area contributed by atoms with Crippen molar-refractivity contribution in [3.05, 3.63) is 0 Å². The van der Waals surface area contributed by atoms with E-state index in [4.69, 9.17) is 4.74 Å². The van der Waals surface area contributed by atoms with Gasteiger partial charge in [0.25, 0.3) is 0 Å². The van der Waals surface area contributed by atoms with Crippen LogP contribution in [0.25, 0.3) is 0 Å². The molecule has 0 amide bonds. The molecule has 2 unspecified atom stereocenters. The van der Waals surface area contributed by atoms with Gasteiger partial charge in [0.05, 0.1) is 13.2 Å². The molecular weight excluding hydrogens is 204 g/mol. The first kappa shape index (κ1) is 12.3. The van der Waals surface area contributed by atoms with Gasteiger partial charge in [-0.05, 0) is 26.3 Å². The lowest BCUT2D eigenvalue weighted by Crippen LogP contribution is -2.55. The van der Waals surface area contributed by atoms with Crippen molar-refractivity contribution < 1.29 is 9.84 Å². The van der Waals surface area contributed by atoms with Gasteiger partial charge in [-0.15, -0.1) is 0 Å². The van der Waals surface area contributed by atoms with Crippen LogP contribution in [-0.2, 0) is 4.74 Å². The Balaban J connectivity index is 2.05. The monoisotopic (exact) mass is 228 g/mol. The summed E-state index contributed by atoms with van der Waals surface area (Å²) in [6.07, 6.45) is 2.25. The minimum Gasteiger partial charge on any atom is -0.394 e. The third-order valence-electron chi connectivity index (χ3n) is 4.19. The smallest absolute Gasteiger partial charge is 0.0616 e. The molecule has 2 aliphatic rings. The van der Waals surface area contributed by atoms with Crippen LogP contribution in [0.2, 0.25) is 0 Å². The minimum atomic E-state index is -0.0947. The Bertz CT molecular complexity index is 211. The Morgan fingerprint density at radius 3 is 3.00 bits per heavy atom. The predicted molar refractivity (Wildman–Crippen MR) is 63.5 cm³/mol. The van der Waals surface area contributed by atoms with Crippen molar-refractivity contribution in [1.82, 2.24) is 10.2 Å². The number of aliphatic hydroxyl groups excluding tert-OH is 1. The minimum absolute atomic E-state index is 0.0947. The van der Waals surface area contributed by atoms with E-state index >= 15 is 0 Å². The largest absolute Gasteiger partial charge is 0.394 e. The van der Waals surface area contributed by atoms with E-state index in [9.17, 15) is 5.11 Å². The molecule has 0 bridgehead atoms. The topological polar surface area (TPSA) is 44.7 Å². The van der Waals surface area contributed by atoms with Crippen molar-refractivity contribution in [2.24, 2.45) is 5.92 Å². The Morgan fingerprint density at radius 2 is 2.31 bits per heavy atom. The van der Waals surface area contributed by atoms with E-state index < -0.39 is 0 Å². The summed E-state index contributed by atoms with van der Waals surface area (Å²) >= 11 is 0. The van der Waals surface area contributed by atoms with E-state index in [1.165, 1.54) is 6.42 Å². The molecule has 0 spiro atoms. The SMILES string of the molecule is CC(CO)(C1CCOC1)N1CCCNCC1. The molecule has 94 valence electrons. The van der Waals surface area contributed by atoms with Gasteiger partial charge in [0.2, 0.25) is 0 Å². The van der Waals surface area contributed by atoms with Gasteiger partial charge in [-0.3, -0.25) is 4.90 Å². The fraction of sp³-hybridized carbons (Fsp3) is 1.00. The lowest BCUT2D eigenvalue weighted by Gasteiger charge is -2.43. The predicted octanol–water partition coefficient (Wildman–Crippen LogP) is 0.0692. The maximum Gasteiger partial charge on any atom is 0.0616 e. The second kappa shape index (κ2) is 5.45. The molecule has 2 saturated heterocycles. The Labute approximate surface area is 98.0 Å². The molecule has 0 aromatic heterocycles. The van der Waals surface area contributed by atoms with Crippen LogP contribution >= 0.6 is 0 Å². The number of nitrogens with one attached hydrogen (secondary N) is 1. The highest BCUT2D eigenvalue weighted by molar-refractivity contribution is 4.94. The van der Waals surface area contributed by atoms with Gasteiger partial charge < -0.3 is 15.2 Å². The Hall–Kier alpha value is -0.160. The fourth-order valence-corrected chi connectivity index (χ4v) is 2.87. The van der Waals surface area contributed by atoms with Crippen molar-refractivity contribution in [1.29, 1.82) is 0 Å². The Morgan fingerprint density at radius 1 is 1.44 bits per heavy atom. The average Bonchev–Trinajstić information content (AvgIpc) is 2.71. The number of aliphatic hydroxyl groups is 1. The van der Waals surface area contributed by atoms with Crippen molar-refractivity contribution >= 4 is 0 Å². The van der Waals surface area contributed by atoms with Crippen LogP contribution in [0.5, 0.6) is 0 Å². The van der Waals surface area contributed by atoms with Gasteiger partial charge >= 0.3 is 0 Å². The molecule has 0 aromatic carbocycles. The molecule has 2 atom stereocenters. The van der Waals surface area contributed by atoms with Crippen molar-refractivity contribution in [3.8, 4) is 0 Å². The molecule has 2 fully saturated rings. The van der Waals surface area contributed by atoms with Crippen LogP contribution in [-0.4, -0.2) is 61.5 Å². The zero-order valence-electron chi connectivity index (χ0n) is 10.2. The van der Waals surface area contributed by atoms with E-state index in [1.54, 1.807) is 0 Å². The summed E-state index contributed by atoms with van der Waals surface area (Å²) in [5.74, 6) is 0.482. The van der Waals surface area contributed by atoms with Gasteiger partial charge in [0.1, 0.15) is 0 Å². The average molecular weight is 228 g/mol. The molecule has 2 rings (SSSR count). The maximum atomic E-state index is 9.77. The van der Waals surface area contributed by atoms with E-state index in [-0.39, 0.29) is 12.1 Å². The zero-order valence-corrected chi connectivity index (χ0v) is 10.2. The van der Waals surface area contributed by atoms with E-state index in [0.717, 1.165) is 45.8 Å². The number of nitrogens with zero attached hydrogens (tertiary/aromatic N) is 1. The molecule has 4 nitrogen and oxygen atoms in total. The summed E-state index contributed by atoms with van der Waals surface area (Å²) in [6, 6.07) is 0. The van der Waals surface area contributed by atoms with Gasteiger partial charge in [-0.1, -0.05) is 0 Å². The van der Waals surface area contributed by atoms with Crippen LogP contribution in [0.1, 0.15) is 19.8 Å². The van der Waals surface area contributed by atoms with Crippen molar-refractivity contribution in [3.63, 3.8) is 0 Å². The first-order valence-corrected chi connectivity index (χ1v) is 6.42. The summed E-state index contributed by atoms with van der Waals surface area (Å²) in [4.78, 5) is 2.45. The first-order valence-electron chi connectivity index (χ1n) is 6.42. The second-order valence-electron chi connectivity index (χ2n) is 5.17. The van der Waals surface area contributed by atoms with Gasteiger partial charge in [0, 0.05) is 37.7 Å². The summed E-state index contributed by atoms with van der Waals surface area (Å²) in [6.45, 7) is 8.34. The Kier molecular flexibility index (Phi) is 4.19. The standard InChI is InChI=1S/C12H24N2O2/c1-12(10-15,11-3-8-16-9-11)14-6-2-4-13-5-7-14/h11,13,15H,2-10H2,1H3. The number of ether oxygens (including phenoxy) is 1.